The number of likely N-dealkylation sites (tertiary alicyclic amines) is 1. The van der Waals surface area contributed by atoms with Crippen LogP contribution in [-0.2, 0) is 6.54 Å². The van der Waals surface area contributed by atoms with E-state index in [1.807, 2.05) is 24.3 Å². The van der Waals surface area contributed by atoms with E-state index in [0.29, 0.717) is 5.89 Å². The minimum absolute atomic E-state index is 0.667. The predicted octanol–water partition coefficient (Wildman–Crippen LogP) is 5.74. The molecule has 2 unspecified atom stereocenters. The second-order valence-electron chi connectivity index (χ2n) is 7.44. The van der Waals surface area contributed by atoms with E-state index in [1.54, 1.807) is 0 Å². The zero-order chi connectivity index (χ0) is 17.4. The molecular formula is C21H23BrN2O. The molecule has 1 aliphatic heterocycles. The van der Waals surface area contributed by atoms with Crippen LogP contribution in [0.5, 0.6) is 0 Å². The third-order valence-corrected chi connectivity index (χ3v) is 5.60. The fourth-order valence-electron chi connectivity index (χ4n) is 4.00. The highest BCUT2D eigenvalue weighted by atomic mass is 79.9. The third-order valence-electron chi connectivity index (χ3n) is 4.91. The number of aromatic nitrogens is 1. The molecule has 25 heavy (non-hydrogen) atoms. The maximum absolute atomic E-state index is 5.96. The largest absolute Gasteiger partial charge is 0.436 e. The molecule has 0 N–H and O–H groups in total. The zero-order valence-corrected chi connectivity index (χ0v) is 16.3. The summed E-state index contributed by atoms with van der Waals surface area (Å²) >= 11 is 3.57. The number of oxazole rings is 1. The standard InChI is InChI=1S/C21H23BrN2O/c1-14-9-15(2)12-24(11-14)13-16-7-8-20-19(10-16)23-21(25-20)17-5-3-4-6-18(17)22/h3-8,10,14-15H,9,11-13H2,1-2H3. The van der Waals surface area contributed by atoms with Crippen molar-refractivity contribution in [2.75, 3.05) is 13.1 Å². The molecule has 3 aromatic rings. The van der Waals surface area contributed by atoms with Gasteiger partial charge in [-0.25, -0.2) is 4.98 Å². The van der Waals surface area contributed by atoms with Crippen LogP contribution >= 0.6 is 15.9 Å². The number of rotatable bonds is 3. The topological polar surface area (TPSA) is 29.3 Å². The lowest BCUT2D eigenvalue weighted by atomic mass is 9.91. The van der Waals surface area contributed by atoms with Crippen molar-refractivity contribution in [3.8, 4) is 11.5 Å². The molecule has 2 heterocycles. The van der Waals surface area contributed by atoms with Crippen molar-refractivity contribution in [1.82, 2.24) is 9.88 Å². The van der Waals surface area contributed by atoms with Gasteiger partial charge in [0.25, 0.3) is 0 Å². The highest BCUT2D eigenvalue weighted by Gasteiger charge is 2.22. The monoisotopic (exact) mass is 398 g/mol. The molecule has 4 rings (SSSR count). The van der Waals surface area contributed by atoms with Crippen LogP contribution in [0.25, 0.3) is 22.6 Å². The molecule has 2 atom stereocenters. The molecule has 3 nitrogen and oxygen atoms in total. The molecule has 130 valence electrons. The Labute approximate surface area is 157 Å². The number of fused-ring (bicyclic) bond motifs is 1. The highest BCUT2D eigenvalue weighted by molar-refractivity contribution is 9.10. The highest BCUT2D eigenvalue weighted by Crippen LogP contribution is 2.30. The first-order chi connectivity index (χ1) is 12.1. The lowest BCUT2D eigenvalue weighted by Crippen LogP contribution is -2.38. The van der Waals surface area contributed by atoms with Gasteiger partial charge in [0, 0.05) is 24.1 Å². The smallest absolute Gasteiger partial charge is 0.228 e. The van der Waals surface area contributed by atoms with Gasteiger partial charge in [-0.15, -0.1) is 0 Å². The van der Waals surface area contributed by atoms with E-state index in [4.69, 9.17) is 9.40 Å². The van der Waals surface area contributed by atoms with Crippen LogP contribution in [0.15, 0.2) is 51.4 Å². The Hall–Kier alpha value is -1.65. The van der Waals surface area contributed by atoms with Gasteiger partial charge in [-0.05, 0) is 64.0 Å². The molecule has 0 bridgehead atoms. The fourth-order valence-corrected chi connectivity index (χ4v) is 4.45. The van der Waals surface area contributed by atoms with Gasteiger partial charge in [-0.3, -0.25) is 4.90 Å². The van der Waals surface area contributed by atoms with Crippen molar-refractivity contribution >= 4 is 27.0 Å². The van der Waals surface area contributed by atoms with Crippen LogP contribution in [0, 0.1) is 11.8 Å². The summed E-state index contributed by atoms with van der Waals surface area (Å²) in [6.07, 6.45) is 1.34. The van der Waals surface area contributed by atoms with E-state index in [0.717, 1.165) is 39.5 Å². The summed E-state index contributed by atoms with van der Waals surface area (Å²) in [6.45, 7) is 8.07. The summed E-state index contributed by atoms with van der Waals surface area (Å²) in [5.41, 5.74) is 4.07. The first-order valence-electron chi connectivity index (χ1n) is 8.95. The SMILES string of the molecule is CC1CC(C)CN(Cc2ccc3oc(-c4ccccc4Br)nc3c2)C1. The van der Waals surface area contributed by atoms with Crippen molar-refractivity contribution < 1.29 is 4.42 Å². The molecule has 0 radical (unpaired) electrons. The van der Waals surface area contributed by atoms with Gasteiger partial charge in [0.15, 0.2) is 5.58 Å². The molecule has 1 aliphatic rings. The minimum atomic E-state index is 0.667. The Kier molecular flexibility index (Phi) is 4.65. The molecule has 0 aliphatic carbocycles. The summed E-state index contributed by atoms with van der Waals surface area (Å²) in [5.74, 6) is 2.22. The fraction of sp³-hybridized carbons (Fsp3) is 0.381. The van der Waals surface area contributed by atoms with Crippen LogP contribution in [0.2, 0.25) is 0 Å². The molecule has 0 spiro atoms. The Morgan fingerprint density at radius 3 is 2.64 bits per heavy atom. The Balaban J connectivity index is 1.59. The predicted molar refractivity (Wildman–Crippen MR) is 105 cm³/mol. The molecule has 1 aromatic heterocycles. The Bertz CT molecular complexity index is 878. The number of benzene rings is 2. The van der Waals surface area contributed by atoms with Gasteiger partial charge >= 0.3 is 0 Å². The third kappa shape index (κ3) is 3.65. The first-order valence-corrected chi connectivity index (χ1v) is 9.74. The Morgan fingerprint density at radius 1 is 1.12 bits per heavy atom. The summed E-state index contributed by atoms with van der Waals surface area (Å²) < 4.78 is 6.96. The molecule has 1 saturated heterocycles. The van der Waals surface area contributed by atoms with Crippen LogP contribution in [-0.4, -0.2) is 23.0 Å². The second kappa shape index (κ2) is 6.93. The quantitative estimate of drug-likeness (QED) is 0.563. The van der Waals surface area contributed by atoms with E-state index >= 15 is 0 Å². The van der Waals surface area contributed by atoms with E-state index in [1.165, 1.54) is 25.1 Å². The van der Waals surface area contributed by atoms with Crippen LogP contribution in [0.4, 0.5) is 0 Å². The number of nitrogens with zero attached hydrogens (tertiary/aromatic N) is 2. The molecule has 2 aromatic carbocycles. The average Bonchev–Trinajstić information content (AvgIpc) is 2.97. The van der Waals surface area contributed by atoms with E-state index in [9.17, 15) is 0 Å². The maximum atomic E-state index is 5.96. The average molecular weight is 399 g/mol. The summed E-state index contributed by atoms with van der Waals surface area (Å²) in [4.78, 5) is 7.28. The summed E-state index contributed by atoms with van der Waals surface area (Å²) in [7, 11) is 0. The van der Waals surface area contributed by atoms with Crippen LogP contribution in [0.3, 0.4) is 0 Å². The van der Waals surface area contributed by atoms with Gasteiger partial charge in [0.2, 0.25) is 5.89 Å². The van der Waals surface area contributed by atoms with Gasteiger partial charge < -0.3 is 4.42 Å². The minimum Gasteiger partial charge on any atom is -0.436 e. The summed E-state index contributed by atoms with van der Waals surface area (Å²) in [5, 5.41) is 0. The molecule has 4 heteroatoms. The number of hydrogen-bond donors (Lipinski definition) is 0. The van der Waals surface area contributed by atoms with Gasteiger partial charge in [0.1, 0.15) is 5.52 Å². The van der Waals surface area contributed by atoms with Crippen molar-refractivity contribution in [2.45, 2.75) is 26.8 Å². The van der Waals surface area contributed by atoms with E-state index < -0.39 is 0 Å². The normalized spacial score (nSPS) is 21.7. The van der Waals surface area contributed by atoms with Gasteiger partial charge in [-0.2, -0.15) is 0 Å². The van der Waals surface area contributed by atoms with Crippen LogP contribution < -0.4 is 0 Å². The second-order valence-corrected chi connectivity index (χ2v) is 8.30. The molecule has 1 fully saturated rings. The zero-order valence-electron chi connectivity index (χ0n) is 14.7. The van der Waals surface area contributed by atoms with E-state index in [2.05, 4.69) is 52.9 Å². The lowest BCUT2D eigenvalue weighted by molar-refractivity contribution is 0.134. The first kappa shape index (κ1) is 16.8. The van der Waals surface area contributed by atoms with Gasteiger partial charge in [0.05, 0.1) is 5.56 Å². The number of piperidine rings is 1. The lowest BCUT2D eigenvalue weighted by Gasteiger charge is -2.34. The number of hydrogen-bond acceptors (Lipinski definition) is 3. The van der Waals surface area contributed by atoms with Crippen molar-refractivity contribution in [2.24, 2.45) is 11.8 Å². The van der Waals surface area contributed by atoms with Crippen molar-refractivity contribution in [3.63, 3.8) is 0 Å². The van der Waals surface area contributed by atoms with Crippen LogP contribution in [0.1, 0.15) is 25.8 Å². The Morgan fingerprint density at radius 2 is 1.88 bits per heavy atom. The molecule has 0 saturated carbocycles. The molecular weight excluding hydrogens is 376 g/mol. The van der Waals surface area contributed by atoms with E-state index in [-0.39, 0.29) is 0 Å². The van der Waals surface area contributed by atoms with Gasteiger partial charge in [-0.1, -0.05) is 32.0 Å². The van der Waals surface area contributed by atoms with Crippen molar-refractivity contribution in [1.29, 1.82) is 0 Å². The summed E-state index contributed by atoms with van der Waals surface area (Å²) in [6, 6.07) is 14.4. The molecule has 0 amide bonds. The maximum Gasteiger partial charge on any atom is 0.228 e. The number of halogens is 1. The van der Waals surface area contributed by atoms with Crippen molar-refractivity contribution in [3.05, 3.63) is 52.5 Å².